The van der Waals surface area contributed by atoms with E-state index < -0.39 is 0 Å². The summed E-state index contributed by atoms with van der Waals surface area (Å²) in [7, 11) is 1.66. The molecule has 1 aromatic carbocycles. The predicted molar refractivity (Wildman–Crippen MR) is 98.5 cm³/mol. The van der Waals surface area contributed by atoms with E-state index in [9.17, 15) is 4.79 Å². The van der Waals surface area contributed by atoms with Gasteiger partial charge in [-0.2, -0.15) is 9.61 Å². The van der Waals surface area contributed by atoms with E-state index in [0.717, 1.165) is 53.6 Å². The molecule has 1 aliphatic rings. The quantitative estimate of drug-likeness (QED) is 0.689. The Bertz CT molecular complexity index is 852. The molecule has 0 radical (unpaired) electrons. The van der Waals surface area contributed by atoms with E-state index in [1.54, 1.807) is 29.3 Å². The Morgan fingerprint density at radius 1 is 1.27 bits per heavy atom. The number of hydrogen-bond donors (Lipinski definition) is 0. The van der Waals surface area contributed by atoms with Gasteiger partial charge in [0.15, 0.2) is 0 Å². The number of nitrogens with zero attached hydrogens (tertiary/aromatic N) is 5. The molecule has 3 aromatic rings. The molecule has 1 amide bonds. The molecule has 0 unspecified atom stereocenters. The van der Waals surface area contributed by atoms with E-state index in [1.807, 2.05) is 29.2 Å². The lowest BCUT2D eigenvalue weighted by atomic mass is 9.97. The van der Waals surface area contributed by atoms with Crippen molar-refractivity contribution in [3.05, 3.63) is 41.2 Å². The second-order valence-corrected chi connectivity index (χ2v) is 7.49. The Morgan fingerprint density at radius 2 is 2.04 bits per heavy atom. The molecule has 2 aromatic heterocycles. The van der Waals surface area contributed by atoms with Crippen LogP contribution in [0.4, 0.5) is 0 Å². The SMILES string of the molecule is COc1ccc(CCC(=O)N2CCC(c3nn4cnnc4s3)CC2)cc1. The van der Waals surface area contributed by atoms with Gasteiger partial charge in [-0.3, -0.25) is 4.79 Å². The summed E-state index contributed by atoms with van der Waals surface area (Å²) in [5.74, 6) is 1.48. The molecule has 0 bridgehead atoms. The summed E-state index contributed by atoms with van der Waals surface area (Å²) in [6.45, 7) is 1.60. The first kappa shape index (κ1) is 17.0. The number of rotatable bonds is 5. The second kappa shape index (κ2) is 7.41. The van der Waals surface area contributed by atoms with Crippen molar-refractivity contribution >= 4 is 22.2 Å². The summed E-state index contributed by atoms with van der Waals surface area (Å²) >= 11 is 1.60. The average Bonchev–Trinajstić information content (AvgIpc) is 3.29. The summed E-state index contributed by atoms with van der Waals surface area (Å²) < 4.78 is 6.89. The van der Waals surface area contributed by atoms with E-state index in [1.165, 1.54) is 0 Å². The Balaban J connectivity index is 1.28. The van der Waals surface area contributed by atoms with Crippen molar-refractivity contribution in [3.8, 4) is 5.75 Å². The van der Waals surface area contributed by atoms with Gasteiger partial charge in [0.25, 0.3) is 0 Å². The number of aryl methyl sites for hydroxylation is 1. The number of carbonyl (C=O) groups is 1. The molecule has 26 heavy (non-hydrogen) atoms. The minimum absolute atomic E-state index is 0.234. The van der Waals surface area contributed by atoms with E-state index in [4.69, 9.17) is 4.74 Å². The van der Waals surface area contributed by atoms with Crippen molar-refractivity contribution in [2.24, 2.45) is 0 Å². The molecule has 8 heteroatoms. The maximum Gasteiger partial charge on any atom is 0.234 e. The van der Waals surface area contributed by atoms with Crippen LogP contribution in [-0.4, -0.2) is 50.8 Å². The number of hydrogen-bond acceptors (Lipinski definition) is 6. The van der Waals surface area contributed by atoms with E-state index in [-0.39, 0.29) is 5.91 Å². The van der Waals surface area contributed by atoms with Crippen LogP contribution in [0.2, 0.25) is 0 Å². The monoisotopic (exact) mass is 371 g/mol. The molecule has 0 saturated carbocycles. The third-order valence-corrected chi connectivity index (χ3v) is 5.96. The van der Waals surface area contributed by atoms with E-state index >= 15 is 0 Å². The Morgan fingerprint density at radius 3 is 2.73 bits per heavy atom. The fourth-order valence-corrected chi connectivity index (χ4v) is 4.31. The fraction of sp³-hybridized carbons (Fsp3) is 0.444. The molecule has 1 fully saturated rings. The van der Waals surface area contributed by atoms with Crippen LogP contribution in [0.5, 0.6) is 5.75 Å². The lowest BCUT2D eigenvalue weighted by molar-refractivity contribution is -0.132. The summed E-state index contributed by atoms with van der Waals surface area (Å²) in [5.41, 5.74) is 1.16. The highest BCUT2D eigenvalue weighted by Crippen LogP contribution is 2.31. The minimum atomic E-state index is 0.234. The number of aromatic nitrogens is 4. The van der Waals surface area contributed by atoms with Gasteiger partial charge in [-0.1, -0.05) is 23.5 Å². The van der Waals surface area contributed by atoms with E-state index in [0.29, 0.717) is 12.3 Å². The number of carbonyl (C=O) groups excluding carboxylic acids is 1. The predicted octanol–water partition coefficient (Wildman–Crippen LogP) is 2.53. The zero-order valence-electron chi connectivity index (χ0n) is 14.7. The molecular weight excluding hydrogens is 350 g/mol. The van der Waals surface area contributed by atoms with Gasteiger partial charge in [-0.05, 0) is 37.0 Å². The number of fused-ring (bicyclic) bond motifs is 1. The largest absolute Gasteiger partial charge is 0.497 e. The fourth-order valence-electron chi connectivity index (χ4n) is 3.32. The number of benzene rings is 1. The summed E-state index contributed by atoms with van der Waals surface area (Å²) in [6, 6.07) is 7.91. The lowest BCUT2D eigenvalue weighted by Crippen LogP contribution is -2.38. The third kappa shape index (κ3) is 3.55. The summed E-state index contributed by atoms with van der Waals surface area (Å²) in [5, 5.41) is 13.5. The van der Waals surface area contributed by atoms with Gasteiger partial charge in [-0.25, -0.2) is 0 Å². The second-order valence-electron chi connectivity index (χ2n) is 6.50. The summed E-state index contributed by atoms with van der Waals surface area (Å²) in [4.78, 5) is 15.3. The molecule has 1 saturated heterocycles. The zero-order valence-corrected chi connectivity index (χ0v) is 15.5. The number of likely N-dealkylation sites (tertiary alicyclic amines) is 1. The Hall–Kier alpha value is -2.48. The topological polar surface area (TPSA) is 72.6 Å². The Labute approximate surface area is 155 Å². The van der Waals surface area contributed by atoms with Gasteiger partial charge in [0.05, 0.1) is 7.11 Å². The van der Waals surface area contributed by atoms with Gasteiger partial charge in [0.1, 0.15) is 17.1 Å². The molecule has 4 rings (SSSR count). The molecular formula is C18H21N5O2S. The van der Waals surface area contributed by atoms with Crippen molar-refractivity contribution in [3.63, 3.8) is 0 Å². The van der Waals surface area contributed by atoms with Crippen LogP contribution in [0.15, 0.2) is 30.6 Å². The van der Waals surface area contributed by atoms with Crippen LogP contribution in [-0.2, 0) is 11.2 Å². The maximum atomic E-state index is 12.5. The smallest absolute Gasteiger partial charge is 0.234 e. The van der Waals surface area contributed by atoms with Crippen molar-refractivity contribution in [1.29, 1.82) is 0 Å². The molecule has 1 aliphatic heterocycles. The van der Waals surface area contributed by atoms with Crippen molar-refractivity contribution < 1.29 is 9.53 Å². The Kier molecular flexibility index (Phi) is 4.83. The molecule has 7 nitrogen and oxygen atoms in total. The van der Waals surface area contributed by atoms with Crippen LogP contribution in [0, 0.1) is 0 Å². The highest BCUT2D eigenvalue weighted by Gasteiger charge is 2.26. The first-order valence-electron chi connectivity index (χ1n) is 8.80. The zero-order chi connectivity index (χ0) is 17.9. The number of ether oxygens (including phenoxy) is 1. The number of amides is 1. The molecule has 0 N–H and O–H groups in total. The third-order valence-electron chi connectivity index (χ3n) is 4.89. The van der Waals surface area contributed by atoms with Gasteiger partial charge in [-0.15, -0.1) is 10.2 Å². The molecule has 0 spiro atoms. The molecule has 0 aliphatic carbocycles. The maximum absolute atomic E-state index is 12.5. The van der Waals surface area contributed by atoms with Crippen molar-refractivity contribution in [2.75, 3.05) is 20.2 Å². The first-order valence-corrected chi connectivity index (χ1v) is 9.62. The van der Waals surface area contributed by atoms with Gasteiger partial charge >= 0.3 is 0 Å². The van der Waals surface area contributed by atoms with Crippen molar-refractivity contribution in [2.45, 2.75) is 31.6 Å². The molecule has 136 valence electrons. The molecule has 0 atom stereocenters. The minimum Gasteiger partial charge on any atom is -0.497 e. The van der Waals surface area contributed by atoms with Crippen LogP contribution >= 0.6 is 11.3 Å². The molecule has 3 heterocycles. The van der Waals surface area contributed by atoms with Gasteiger partial charge in [0.2, 0.25) is 10.9 Å². The number of methoxy groups -OCH3 is 1. The lowest BCUT2D eigenvalue weighted by Gasteiger charge is -2.31. The van der Waals surface area contributed by atoms with E-state index in [2.05, 4.69) is 15.3 Å². The van der Waals surface area contributed by atoms with Crippen LogP contribution in [0.25, 0.3) is 4.96 Å². The van der Waals surface area contributed by atoms with Crippen LogP contribution in [0.3, 0.4) is 0 Å². The highest BCUT2D eigenvalue weighted by molar-refractivity contribution is 7.16. The van der Waals surface area contributed by atoms with Crippen LogP contribution < -0.4 is 4.74 Å². The average molecular weight is 371 g/mol. The van der Waals surface area contributed by atoms with Gasteiger partial charge in [0, 0.05) is 25.4 Å². The summed E-state index contributed by atoms with van der Waals surface area (Å²) in [6.07, 6.45) is 4.86. The van der Waals surface area contributed by atoms with Gasteiger partial charge < -0.3 is 9.64 Å². The number of piperidine rings is 1. The normalized spacial score (nSPS) is 15.5. The van der Waals surface area contributed by atoms with Crippen LogP contribution in [0.1, 0.15) is 35.8 Å². The highest BCUT2D eigenvalue weighted by atomic mass is 32.1. The standard InChI is InChI=1S/C18H21N5O2S/c1-25-15-5-2-13(3-6-15)4-7-16(24)22-10-8-14(9-11-22)17-21-23-12-19-20-18(23)26-17/h2-3,5-6,12,14H,4,7-11H2,1H3. The first-order chi connectivity index (χ1) is 12.7. The van der Waals surface area contributed by atoms with Crippen molar-refractivity contribution in [1.82, 2.24) is 24.7 Å².